The fraction of sp³-hybridized carbons (Fsp3) is 0.429. The van der Waals surface area contributed by atoms with E-state index in [1.807, 2.05) is 6.92 Å². The number of esters is 1. The third-order valence-corrected chi connectivity index (χ3v) is 4.65. The van der Waals surface area contributed by atoms with Crippen molar-refractivity contribution < 1.29 is 19.1 Å². The number of carbonyl (C=O) groups is 2. The first-order chi connectivity index (χ1) is 13.2. The molecule has 5 nitrogen and oxygen atoms in total. The Hall–Kier alpha value is -1.98. The van der Waals surface area contributed by atoms with Crippen LogP contribution in [0, 0.1) is 5.92 Å². The number of benzene rings is 1. The predicted molar refractivity (Wildman–Crippen MR) is 113 cm³/mol. The first-order valence-corrected chi connectivity index (χ1v) is 9.75. The second-order valence-corrected chi connectivity index (χ2v) is 7.52. The molecule has 28 heavy (non-hydrogen) atoms. The predicted octanol–water partition coefficient (Wildman–Crippen LogP) is 4.97. The van der Waals surface area contributed by atoms with Crippen LogP contribution in [0.2, 0.25) is 10.0 Å². The van der Waals surface area contributed by atoms with Gasteiger partial charge in [0.05, 0.1) is 12.1 Å². The van der Waals surface area contributed by atoms with Crippen molar-refractivity contribution in [3.05, 3.63) is 52.5 Å². The molecule has 1 aromatic rings. The van der Waals surface area contributed by atoms with Crippen molar-refractivity contribution in [3.63, 3.8) is 0 Å². The molecule has 0 saturated carbocycles. The van der Waals surface area contributed by atoms with Crippen molar-refractivity contribution in [2.75, 3.05) is 13.7 Å². The summed E-state index contributed by atoms with van der Waals surface area (Å²) in [6, 6.07) is 4.68. The summed E-state index contributed by atoms with van der Waals surface area (Å²) < 4.78 is 10.0. The van der Waals surface area contributed by atoms with E-state index in [9.17, 15) is 9.59 Å². The number of rotatable bonds is 11. The maximum Gasteiger partial charge on any atom is 0.330 e. The zero-order valence-electron chi connectivity index (χ0n) is 16.5. The van der Waals surface area contributed by atoms with Crippen LogP contribution >= 0.6 is 23.2 Å². The van der Waals surface area contributed by atoms with Gasteiger partial charge in [0.15, 0.2) is 6.61 Å². The van der Waals surface area contributed by atoms with E-state index in [0.29, 0.717) is 21.7 Å². The second-order valence-electron chi connectivity index (χ2n) is 6.67. The van der Waals surface area contributed by atoms with Gasteiger partial charge >= 0.3 is 5.97 Å². The molecule has 2 unspecified atom stereocenters. The Morgan fingerprint density at radius 3 is 2.61 bits per heavy atom. The van der Waals surface area contributed by atoms with Gasteiger partial charge in [-0.2, -0.15) is 0 Å². The summed E-state index contributed by atoms with van der Waals surface area (Å²) in [5.41, 5.74) is 0.871. The zero-order chi connectivity index (χ0) is 21.1. The van der Waals surface area contributed by atoms with Gasteiger partial charge in [-0.25, -0.2) is 4.79 Å². The monoisotopic (exact) mass is 427 g/mol. The van der Waals surface area contributed by atoms with Gasteiger partial charge in [0, 0.05) is 17.1 Å². The van der Waals surface area contributed by atoms with Gasteiger partial charge in [-0.15, -0.1) is 0 Å². The Bertz CT molecular complexity index is 718. The van der Waals surface area contributed by atoms with E-state index in [4.69, 9.17) is 27.9 Å². The van der Waals surface area contributed by atoms with Crippen LogP contribution in [0.5, 0.6) is 5.75 Å². The fourth-order valence-corrected chi connectivity index (χ4v) is 2.91. The van der Waals surface area contributed by atoms with E-state index in [1.54, 1.807) is 24.3 Å². The van der Waals surface area contributed by atoms with Crippen molar-refractivity contribution in [3.8, 4) is 5.75 Å². The van der Waals surface area contributed by atoms with E-state index in [2.05, 4.69) is 23.6 Å². The Balaban J connectivity index is 2.46. The van der Waals surface area contributed by atoms with Crippen LogP contribution < -0.4 is 10.1 Å². The highest BCUT2D eigenvalue weighted by Crippen LogP contribution is 2.27. The first kappa shape index (κ1) is 24.1. The van der Waals surface area contributed by atoms with Crippen LogP contribution in [0.1, 0.15) is 33.1 Å². The van der Waals surface area contributed by atoms with Gasteiger partial charge in [0.2, 0.25) is 0 Å². The molecule has 154 valence electrons. The van der Waals surface area contributed by atoms with Gasteiger partial charge < -0.3 is 14.8 Å². The van der Waals surface area contributed by atoms with Crippen molar-refractivity contribution in [1.29, 1.82) is 0 Å². The maximum atomic E-state index is 12.2. The molecule has 0 bridgehead atoms. The number of nitrogens with one attached hydrogen (secondary N) is 1. The highest BCUT2D eigenvalue weighted by Gasteiger charge is 2.15. The molecule has 1 amide bonds. The van der Waals surface area contributed by atoms with E-state index in [-0.39, 0.29) is 24.5 Å². The highest BCUT2D eigenvalue weighted by molar-refractivity contribution is 6.35. The van der Waals surface area contributed by atoms with E-state index in [0.717, 1.165) is 24.8 Å². The lowest BCUT2D eigenvalue weighted by Gasteiger charge is -2.21. The Labute approximate surface area is 176 Å². The number of allylic oxidation sites excluding steroid dienone is 1. The first-order valence-electron chi connectivity index (χ1n) is 9.00. The van der Waals surface area contributed by atoms with Crippen molar-refractivity contribution in [2.24, 2.45) is 5.92 Å². The highest BCUT2D eigenvalue weighted by atomic mass is 35.5. The summed E-state index contributed by atoms with van der Waals surface area (Å²) in [6.45, 7) is 7.77. The molecule has 0 aliphatic heterocycles. The molecule has 0 saturated heterocycles. The molecule has 1 N–H and O–H groups in total. The average molecular weight is 428 g/mol. The smallest absolute Gasteiger partial charge is 0.330 e. The molecule has 0 fully saturated rings. The van der Waals surface area contributed by atoms with E-state index in [1.165, 1.54) is 13.2 Å². The minimum atomic E-state index is -0.361. The van der Waals surface area contributed by atoms with Gasteiger partial charge in [-0.05, 0) is 50.3 Å². The summed E-state index contributed by atoms with van der Waals surface area (Å²) in [7, 11) is 1.35. The molecule has 0 spiro atoms. The summed E-state index contributed by atoms with van der Waals surface area (Å²) in [4.78, 5) is 23.3. The van der Waals surface area contributed by atoms with Gasteiger partial charge in [0.25, 0.3) is 5.91 Å². The summed E-state index contributed by atoms with van der Waals surface area (Å²) in [5.74, 6) is 0.139. The van der Waals surface area contributed by atoms with Gasteiger partial charge in [-0.1, -0.05) is 48.4 Å². The summed E-state index contributed by atoms with van der Waals surface area (Å²) >= 11 is 11.9. The Morgan fingerprint density at radius 2 is 2.00 bits per heavy atom. The Kier molecular flexibility index (Phi) is 10.7. The summed E-state index contributed by atoms with van der Waals surface area (Å²) in [5, 5.41) is 3.78. The largest absolute Gasteiger partial charge is 0.482 e. The minimum absolute atomic E-state index is 0.149. The maximum absolute atomic E-state index is 12.2. The number of hydrogen-bond donors (Lipinski definition) is 1. The lowest BCUT2D eigenvalue weighted by molar-refractivity contribution is -0.134. The number of ether oxygens (including phenoxy) is 2. The van der Waals surface area contributed by atoms with Gasteiger partial charge in [0.1, 0.15) is 5.75 Å². The van der Waals surface area contributed by atoms with E-state index < -0.39 is 0 Å². The van der Waals surface area contributed by atoms with Crippen molar-refractivity contribution >= 4 is 35.1 Å². The standard InChI is InChI=1S/C21H27Cl2NO4/c1-14(2)18(10-8-15(3)6-5-7-21(26)27-4)24-20(25)13-28-19-11-9-16(22)12-17(19)23/h5,7,9,11-12,15,18H,1,6,8,10,13H2,2-4H3,(H,24,25). The second kappa shape index (κ2) is 12.5. The van der Waals surface area contributed by atoms with Crippen LogP contribution in [0.4, 0.5) is 0 Å². The normalized spacial score (nSPS) is 13.0. The van der Waals surface area contributed by atoms with E-state index >= 15 is 0 Å². The molecule has 0 radical (unpaired) electrons. The van der Waals surface area contributed by atoms with Crippen LogP contribution in [0.25, 0.3) is 0 Å². The SMILES string of the molecule is C=C(C)C(CCC(C)CC=CC(=O)OC)NC(=O)COc1ccc(Cl)cc1Cl. The third-order valence-electron chi connectivity index (χ3n) is 4.12. The van der Waals surface area contributed by atoms with Crippen molar-refractivity contribution in [1.82, 2.24) is 5.32 Å². The number of methoxy groups -OCH3 is 1. The lowest BCUT2D eigenvalue weighted by atomic mass is 9.95. The average Bonchev–Trinajstić information content (AvgIpc) is 2.63. The number of amides is 1. The zero-order valence-corrected chi connectivity index (χ0v) is 18.0. The third kappa shape index (κ3) is 9.29. The molecule has 2 atom stereocenters. The summed E-state index contributed by atoms with van der Waals surface area (Å²) in [6.07, 6.45) is 5.59. The number of carbonyl (C=O) groups excluding carboxylic acids is 2. The number of hydrogen-bond acceptors (Lipinski definition) is 4. The van der Waals surface area contributed by atoms with Crippen LogP contribution in [0.15, 0.2) is 42.5 Å². The van der Waals surface area contributed by atoms with Crippen molar-refractivity contribution in [2.45, 2.75) is 39.2 Å². The molecule has 1 rings (SSSR count). The molecule has 1 aromatic carbocycles. The van der Waals surface area contributed by atoms with Crippen LogP contribution in [-0.4, -0.2) is 31.6 Å². The minimum Gasteiger partial charge on any atom is -0.482 e. The lowest BCUT2D eigenvalue weighted by Crippen LogP contribution is -2.38. The van der Waals surface area contributed by atoms with Crippen LogP contribution in [-0.2, 0) is 14.3 Å². The molecular formula is C21H27Cl2NO4. The fourth-order valence-electron chi connectivity index (χ4n) is 2.45. The van der Waals surface area contributed by atoms with Gasteiger partial charge in [-0.3, -0.25) is 4.79 Å². The molecule has 7 heteroatoms. The quantitative estimate of drug-likeness (QED) is 0.307. The molecule has 0 aliphatic carbocycles. The van der Waals surface area contributed by atoms with Crippen LogP contribution in [0.3, 0.4) is 0 Å². The molecular weight excluding hydrogens is 401 g/mol. The molecule has 0 heterocycles. The number of halogens is 2. The molecule has 0 aromatic heterocycles. The molecule has 0 aliphatic rings. The topological polar surface area (TPSA) is 64.6 Å². The Morgan fingerprint density at radius 1 is 1.29 bits per heavy atom.